The normalized spacial score (nSPS) is 12.1. The van der Waals surface area contributed by atoms with Crippen molar-refractivity contribution in [3.63, 3.8) is 0 Å². The Morgan fingerprint density at radius 1 is 1.50 bits per heavy atom. The highest BCUT2D eigenvalue weighted by Gasteiger charge is 2.22. The molecule has 0 fully saturated rings. The van der Waals surface area contributed by atoms with Crippen LogP contribution in [0.4, 0.5) is 5.69 Å². The second kappa shape index (κ2) is 3.97. The van der Waals surface area contributed by atoms with Crippen molar-refractivity contribution in [1.29, 1.82) is 0 Å². The number of nitrogens with zero attached hydrogens (tertiary/aromatic N) is 1. The van der Waals surface area contributed by atoms with E-state index in [4.69, 9.17) is 0 Å². The lowest BCUT2D eigenvalue weighted by Crippen LogP contribution is -2.09. The Labute approximate surface area is 80.1 Å². The standard InChI is InChI=1S/C9H9NO4/c1-6(11)9(12)7-4-2-3-5-8(7)10(13)14/h2-5,9,12H,1H3. The van der Waals surface area contributed by atoms with E-state index in [0.29, 0.717) is 0 Å². The maximum Gasteiger partial charge on any atom is 0.275 e. The van der Waals surface area contributed by atoms with Crippen molar-refractivity contribution >= 4 is 11.5 Å². The van der Waals surface area contributed by atoms with Gasteiger partial charge in [0.05, 0.1) is 10.5 Å². The number of hydrogen-bond acceptors (Lipinski definition) is 4. The number of nitro groups is 1. The summed E-state index contributed by atoms with van der Waals surface area (Å²) in [5.74, 6) is -0.515. The maximum atomic E-state index is 10.8. The highest BCUT2D eigenvalue weighted by Crippen LogP contribution is 2.24. The summed E-state index contributed by atoms with van der Waals surface area (Å²) in [6.07, 6.45) is -1.42. The number of ketones is 1. The molecule has 5 nitrogen and oxygen atoms in total. The van der Waals surface area contributed by atoms with Crippen LogP contribution in [0, 0.1) is 10.1 Å². The molecule has 0 aliphatic carbocycles. The van der Waals surface area contributed by atoms with Crippen LogP contribution in [0.15, 0.2) is 24.3 Å². The SMILES string of the molecule is CC(=O)C(O)c1ccccc1[N+](=O)[O-]. The molecule has 0 heterocycles. The van der Waals surface area contributed by atoms with Crippen LogP contribution < -0.4 is 0 Å². The summed E-state index contributed by atoms with van der Waals surface area (Å²) >= 11 is 0. The molecular formula is C9H9NO4. The van der Waals surface area contributed by atoms with Crippen molar-refractivity contribution in [1.82, 2.24) is 0 Å². The minimum absolute atomic E-state index is 0.0324. The number of carbonyl (C=O) groups excluding carboxylic acids is 1. The fourth-order valence-electron chi connectivity index (χ4n) is 1.10. The molecule has 0 aliphatic heterocycles. The first-order valence-corrected chi connectivity index (χ1v) is 3.96. The molecule has 0 aromatic heterocycles. The molecule has 74 valence electrons. The molecule has 1 atom stereocenters. The lowest BCUT2D eigenvalue weighted by atomic mass is 10.0. The molecular weight excluding hydrogens is 186 g/mol. The Bertz CT molecular complexity index is 375. The summed E-state index contributed by atoms with van der Waals surface area (Å²) in [5, 5.41) is 19.9. The molecule has 0 spiro atoms. The van der Waals surface area contributed by atoms with E-state index in [-0.39, 0.29) is 11.3 Å². The first-order chi connectivity index (χ1) is 6.54. The van der Waals surface area contributed by atoms with Crippen LogP contribution >= 0.6 is 0 Å². The van der Waals surface area contributed by atoms with Crippen LogP contribution in [0.1, 0.15) is 18.6 Å². The number of carbonyl (C=O) groups is 1. The Balaban J connectivity index is 3.19. The zero-order valence-corrected chi connectivity index (χ0v) is 7.51. The Hall–Kier alpha value is -1.75. The molecule has 0 aliphatic rings. The zero-order valence-electron chi connectivity index (χ0n) is 7.51. The van der Waals surface area contributed by atoms with Gasteiger partial charge in [0.1, 0.15) is 6.10 Å². The largest absolute Gasteiger partial charge is 0.380 e. The molecule has 14 heavy (non-hydrogen) atoms. The zero-order chi connectivity index (χ0) is 10.7. The van der Waals surface area contributed by atoms with Crippen LogP contribution in [0.2, 0.25) is 0 Å². The van der Waals surface area contributed by atoms with E-state index in [9.17, 15) is 20.0 Å². The molecule has 0 saturated heterocycles. The number of rotatable bonds is 3. The average Bonchev–Trinajstić information content (AvgIpc) is 2.16. The molecule has 0 radical (unpaired) electrons. The smallest absolute Gasteiger partial charge is 0.275 e. The number of nitro benzene ring substituents is 1. The topological polar surface area (TPSA) is 80.4 Å². The molecule has 1 aromatic carbocycles. The molecule has 1 N–H and O–H groups in total. The van der Waals surface area contributed by atoms with Crippen LogP contribution in [-0.2, 0) is 4.79 Å². The van der Waals surface area contributed by atoms with Gasteiger partial charge in [0.2, 0.25) is 0 Å². The van der Waals surface area contributed by atoms with Gasteiger partial charge in [-0.15, -0.1) is 0 Å². The van der Waals surface area contributed by atoms with Crippen molar-refractivity contribution in [3.8, 4) is 0 Å². The minimum atomic E-state index is -1.42. The van der Waals surface area contributed by atoms with Gasteiger partial charge in [0.25, 0.3) is 5.69 Å². The summed E-state index contributed by atoms with van der Waals surface area (Å²) < 4.78 is 0. The lowest BCUT2D eigenvalue weighted by molar-refractivity contribution is -0.386. The van der Waals surface area contributed by atoms with E-state index in [0.717, 1.165) is 0 Å². The van der Waals surface area contributed by atoms with Gasteiger partial charge in [0, 0.05) is 6.07 Å². The minimum Gasteiger partial charge on any atom is -0.380 e. The molecule has 1 unspecified atom stereocenters. The van der Waals surface area contributed by atoms with Gasteiger partial charge in [0.15, 0.2) is 5.78 Å². The fourth-order valence-corrected chi connectivity index (χ4v) is 1.10. The molecule has 1 aromatic rings. The maximum absolute atomic E-state index is 10.8. The first-order valence-electron chi connectivity index (χ1n) is 3.96. The number of Topliss-reactive ketones (excluding diaryl/α,β-unsaturated/α-hetero) is 1. The van der Waals surface area contributed by atoms with Crippen molar-refractivity contribution < 1.29 is 14.8 Å². The number of hydrogen-bond donors (Lipinski definition) is 1. The van der Waals surface area contributed by atoms with E-state index in [2.05, 4.69) is 0 Å². The fraction of sp³-hybridized carbons (Fsp3) is 0.222. The van der Waals surface area contributed by atoms with Gasteiger partial charge in [-0.1, -0.05) is 12.1 Å². The number of benzene rings is 1. The van der Waals surface area contributed by atoms with Gasteiger partial charge in [-0.25, -0.2) is 0 Å². The van der Waals surface area contributed by atoms with Gasteiger partial charge in [-0.3, -0.25) is 14.9 Å². The van der Waals surface area contributed by atoms with Crippen molar-refractivity contribution in [2.75, 3.05) is 0 Å². The van der Waals surface area contributed by atoms with Crippen LogP contribution in [-0.4, -0.2) is 15.8 Å². The quantitative estimate of drug-likeness (QED) is 0.580. The molecule has 0 amide bonds. The first kappa shape index (κ1) is 10.3. The number of aliphatic hydroxyl groups excluding tert-OH is 1. The van der Waals surface area contributed by atoms with E-state index in [1.54, 1.807) is 0 Å². The second-order valence-electron chi connectivity index (χ2n) is 2.83. The molecule has 0 bridgehead atoms. The van der Waals surface area contributed by atoms with Crippen LogP contribution in [0.5, 0.6) is 0 Å². The van der Waals surface area contributed by atoms with Crippen LogP contribution in [0.25, 0.3) is 0 Å². The van der Waals surface area contributed by atoms with E-state index >= 15 is 0 Å². The van der Waals surface area contributed by atoms with Crippen LogP contribution in [0.3, 0.4) is 0 Å². The van der Waals surface area contributed by atoms with Crippen molar-refractivity contribution in [2.24, 2.45) is 0 Å². The second-order valence-corrected chi connectivity index (χ2v) is 2.83. The highest BCUT2D eigenvalue weighted by atomic mass is 16.6. The Morgan fingerprint density at radius 3 is 2.57 bits per heavy atom. The summed E-state index contributed by atoms with van der Waals surface area (Å²) in [7, 11) is 0. The number of para-hydroxylation sites is 1. The summed E-state index contributed by atoms with van der Waals surface area (Å²) in [6, 6.07) is 5.63. The van der Waals surface area contributed by atoms with E-state index in [1.165, 1.54) is 31.2 Å². The molecule has 0 saturated carbocycles. The number of aliphatic hydroxyl groups is 1. The van der Waals surface area contributed by atoms with Crippen molar-refractivity contribution in [3.05, 3.63) is 39.9 Å². The average molecular weight is 195 g/mol. The monoisotopic (exact) mass is 195 g/mol. The summed E-state index contributed by atoms with van der Waals surface area (Å²) in [6.45, 7) is 1.18. The molecule has 5 heteroatoms. The Kier molecular flexibility index (Phi) is 2.93. The van der Waals surface area contributed by atoms with Gasteiger partial charge >= 0.3 is 0 Å². The Morgan fingerprint density at radius 2 is 2.07 bits per heavy atom. The van der Waals surface area contributed by atoms with E-state index < -0.39 is 16.8 Å². The summed E-state index contributed by atoms with van der Waals surface area (Å²) in [4.78, 5) is 20.8. The van der Waals surface area contributed by atoms with E-state index in [1.807, 2.05) is 0 Å². The highest BCUT2D eigenvalue weighted by molar-refractivity contribution is 5.82. The van der Waals surface area contributed by atoms with Gasteiger partial charge in [-0.05, 0) is 13.0 Å². The third-order valence-corrected chi connectivity index (χ3v) is 1.81. The predicted molar refractivity (Wildman–Crippen MR) is 48.7 cm³/mol. The van der Waals surface area contributed by atoms with Crippen molar-refractivity contribution in [2.45, 2.75) is 13.0 Å². The van der Waals surface area contributed by atoms with Gasteiger partial charge in [-0.2, -0.15) is 0 Å². The summed E-state index contributed by atoms with van der Waals surface area (Å²) in [5.41, 5.74) is -0.208. The predicted octanol–water partition coefficient (Wildman–Crippen LogP) is 1.22. The van der Waals surface area contributed by atoms with Gasteiger partial charge < -0.3 is 5.11 Å². The lowest BCUT2D eigenvalue weighted by Gasteiger charge is -2.06. The molecule has 1 rings (SSSR count). The third kappa shape index (κ3) is 1.94. The third-order valence-electron chi connectivity index (χ3n) is 1.81.